The van der Waals surface area contributed by atoms with E-state index in [0.717, 1.165) is 19.6 Å². The van der Waals surface area contributed by atoms with Crippen LogP contribution in [-0.4, -0.2) is 46.6 Å². The molecule has 4 rings (SSSR count). The number of likely N-dealkylation sites (tertiary alicyclic amines) is 1. The van der Waals surface area contributed by atoms with Crippen LogP contribution in [0.15, 0.2) is 65.2 Å². The summed E-state index contributed by atoms with van der Waals surface area (Å²) in [5.41, 5.74) is 0.757. The number of benzene rings is 2. The Morgan fingerprint density at radius 1 is 1.06 bits per heavy atom. The smallest absolute Gasteiger partial charge is 0.348 e. The highest BCUT2D eigenvalue weighted by Crippen LogP contribution is 2.29. The van der Waals surface area contributed by atoms with Crippen molar-refractivity contribution in [1.29, 1.82) is 0 Å². The predicted octanol–water partition coefficient (Wildman–Crippen LogP) is 4.66. The molecule has 32 heavy (non-hydrogen) atoms. The minimum atomic E-state index is -4.68. The van der Waals surface area contributed by atoms with Gasteiger partial charge in [0, 0.05) is 23.7 Å². The largest absolute Gasteiger partial charge is 0.471 e. The van der Waals surface area contributed by atoms with Crippen molar-refractivity contribution in [3.05, 3.63) is 72.1 Å². The third-order valence-corrected chi connectivity index (χ3v) is 4.85. The molecule has 1 unspecified atom stereocenters. The molecule has 9 heteroatoms. The molecule has 2 heterocycles. The van der Waals surface area contributed by atoms with E-state index in [1.165, 1.54) is 37.1 Å². The fourth-order valence-electron chi connectivity index (χ4n) is 3.32. The third-order valence-electron chi connectivity index (χ3n) is 4.85. The molecular weight excluding hydrogens is 421 g/mol. The van der Waals surface area contributed by atoms with Crippen LogP contribution < -0.4 is 5.32 Å². The van der Waals surface area contributed by atoms with Gasteiger partial charge in [0.1, 0.15) is 0 Å². The van der Waals surface area contributed by atoms with Gasteiger partial charge in [0.2, 0.25) is 5.82 Å². The number of hydrogen-bond acceptors (Lipinski definition) is 5. The summed E-state index contributed by atoms with van der Waals surface area (Å²) in [6.45, 7) is 4.86. The lowest BCUT2D eigenvalue weighted by atomic mass is 10.1. The highest BCUT2D eigenvalue weighted by molar-refractivity contribution is 5.94. The van der Waals surface area contributed by atoms with Crippen molar-refractivity contribution in [3.8, 4) is 11.4 Å². The van der Waals surface area contributed by atoms with E-state index < -0.39 is 12.1 Å². The van der Waals surface area contributed by atoms with Crippen LogP contribution >= 0.6 is 0 Å². The first-order valence-corrected chi connectivity index (χ1v) is 10.4. The molecule has 0 bridgehead atoms. The topological polar surface area (TPSA) is 71.3 Å². The summed E-state index contributed by atoms with van der Waals surface area (Å²) in [4.78, 5) is 17.9. The highest BCUT2D eigenvalue weighted by Gasteiger charge is 2.38. The molecule has 1 N–H and O–H groups in total. The lowest BCUT2D eigenvalue weighted by Crippen LogP contribution is -2.41. The van der Waals surface area contributed by atoms with E-state index in [1.54, 1.807) is 0 Å². The second-order valence-corrected chi connectivity index (χ2v) is 7.54. The number of hydrogen-bond donors (Lipinski definition) is 1. The van der Waals surface area contributed by atoms with Gasteiger partial charge in [-0.05, 0) is 45.0 Å². The molecule has 170 valence electrons. The number of nitrogens with zero attached hydrogens (tertiary/aromatic N) is 3. The molecule has 0 spiro atoms. The molecule has 1 saturated heterocycles. The van der Waals surface area contributed by atoms with Crippen molar-refractivity contribution >= 4 is 5.91 Å². The molecule has 1 aliphatic heterocycles. The van der Waals surface area contributed by atoms with Crippen LogP contribution in [0.1, 0.15) is 36.0 Å². The molecule has 0 saturated carbocycles. The lowest BCUT2D eigenvalue weighted by molar-refractivity contribution is -0.159. The van der Waals surface area contributed by atoms with Gasteiger partial charge < -0.3 is 14.7 Å². The SMILES string of the molecule is CC(CN1CCCC1)NC(=O)c1ccc(-c2noc(C(F)(F)F)n2)cc1.c1ccccc1. The van der Waals surface area contributed by atoms with Crippen LogP contribution in [-0.2, 0) is 6.18 Å². The molecule has 1 aliphatic rings. The van der Waals surface area contributed by atoms with Crippen molar-refractivity contribution in [3.63, 3.8) is 0 Å². The fourth-order valence-corrected chi connectivity index (χ4v) is 3.32. The normalized spacial score (nSPS) is 15.0. The van der Waals surface area contributed by atoms with Crippen LogP contribution in [0.2, 0.25) is 0 Å². The maximum absolute atomic E-state index is 12.5. The van der Waals surface area contributed by atoms with Gasteiger partial charge in [-0.15, -0.1) is 0 Å². The zero-order valence-corrected chi connectivity index (χ0v) is 17.7. The van der Waals surface area contributed by atoms with Gasteiger partial charge in [-0.2, -0.15) is 18.2 Å². The summed E-state index contributed by atoms with van der Waals surface area (Å²) < 4.78 is 41.7. The second kappa shape index (κ2) is 10.9. The summed E-state index contributed by atoms with van der Waals surface area (Å²) in [5, 5.41) is 6.25. The quantitative estimate of drug-likeness (QED) is 0.618. The number of alkyl halides is 3. The van der Waals surface area contributed by atoms with E-state index in [4.69, 9.17) is 0 Å². The molecule has 0 radical (unpaired) electrons. The number of nitrogens with one attached hydrogen (secondary N) is 1. The maximum atomic E-state index is 12.5. The Kier molecular flexibility index (Phi) is 7.99. The van der Waals surface area contributed by atoms with Crippen LogP contribution in [0.4, 0.5) is 13.2 Å². The number of aromatic nitrogens is 2. The Labute approximate surface area is 184 Å². The zero-order chi connectivity index (χ0) is 23.0. The highest BCUT2D eigenvalue weighted by atomic mass is 19.4. The lowest BCUT2D eigenvalue weighted by Gasteiger charge is -2.21. The molecule has 1 amide bonds. The summed E-state index contributed by atoms with van der Waals surface area (Å²) in [7, 11) is 0. The van der Waals surface area contributed by atoms with Crippen molar-refractivity contribution in [2.45, 2.75) is 32.0 Å². The number of halogens is 3. The third kappa shape index (κ3) is 6.91. The van der Waals surface area contributed by atoms with E-state index in [0.29, 0.717) is 11.1 Å². The second-order valence-electron chi connectivity index (χ2n) is 7.54. The van der Waals surface area contributed by atoms with Gasteiger partial charge in [0.25, 0.3) is 5.91 Å². The maximum Gasteiger partial charge on any atom is 0.471 e. The molecule has 6 nitrogen and oxygen atoms in total. The van der Waals surface area contributed by atoms with E-state index >= 15 is 0 Å². The number of amides is 1. The minimum Gasteiger partial charge on any atom is -0.348 e. The van der Waals surface area contributed by atoms with Crippen molar-refractivity contribution in [2.24, 2.45) is 0 Å². The number of rotatable bonds is 5. The Bertz CT molecular complexity index is 942. The van der Waals surface area contributed by atoms with Gasteiger partial charge in [-0.25, -0.2) is 0 Å². The predicted molar refractivity (Wildman–Crippen MR) is 114 cm³/mol. The van der Waals surface area contributed by atoms with E-state index in [2.05, 4.69) is 24.9 Å². The Hall–Kier alpha value is -3.20. The van der Waals surface area contributed by atoms with Gasteiger partial charge >= 0.3 is 12.1 Å². The number of carbonyl (C=O) groups is 1. The first kappa shape index (κ1) is 23.5. The van der Waals surface area contributed by atoms with Gasteiger partial charge in [-0.3, -0.25) is 4.79 Å². The Morgan fingerprint density at radius 2 is 1.62 bits per heavy atom. The summed E-state index contributed by atoms with van der Waals surface area (Å²) >= 11 is 0. The van der Waals surface area contributed by atoms with E-state index in [9.17, 15) is 18.0 Å². The Balaban J connectivity index is 0.000000416. The molecule has 2 aromatic carbocycles. The monoisotopic (exact) mass is 446 g/mol. The average Bonchev–Trinajstić information content (AvgIpc) is 3.47. The van der Waals surface area contributed by atoms with Crippen molar-refractivity contribution in [1.82, 2.24) is 20.4 Å². The van der Waals surface area contributed by atoms with Gasteiger partial charge in [0.15, 0.2) is 0 Å². The number of carbonyl (C=O) groups excluding carboxylic acids is 1. The van der Waals surface area contributed by atoms with E-state index in [1.807, 2.05) is 43.3 Å². The molecular formula is C23H25F3N4O2. The molecule has 1 atom stereocenters. The summed E-state index contributed by atoms with van der Waals surface area (Å²) in [6, 6.07) is 18.0. The minimum absolute atomic E-state index is 0.00632. The fraction of sp³-hybridized carbons (Fsp3) is 0.348. The molecule has 0 aliphatic carbocycles. The van der Waals surface area contributed by atoms with Crippen molar-refractivity contribution in [2.75, 3.05) is 19.6 Å². The van der Waals surface area contributed by atoms with E-state index in [-0.39, 0.29) is 17.8 Å². The van der Waals surface area contributed by atoms with Crippen molar-refractivity contribution < 1.29 is 22.5 Å². The average molecular weight is 446 g/mol. The molecule has 3 aromatic rings. The zero-order valence-electron chi connectivity index (χ0n) is 17.7. The van der Waals surface area contributed by atoms with Crippen LogP contribution in [0.5, 0.6) is 0 Å². The van der Waals surface area contributed by atoms with Crippen LogP contribution in [0.3, 0.4) is 0 Å². The van der Waals surface area contributed by atoms with Gasteiger partial charge in [-0.1, -0.05) is 53.7 Å². The molecule has 1 fully saturated rings. The first-order valence-electron chi connectivity index (χ1n) is 10.4. The van der Waals surface area contributed by atoms with Crippen LogP contribution in [0.25, 0.3) is 11.4 Å². The van der Waals surface area contributed by atoms with Gasteiger partial charge in [0.05, 0.1) is 0 Å². The molecule has 1 aromatic heterocycles. The summed E-state index contributed by atoms with van der Waals surface area (Å²) in [6.07, 6.45) is -2.31. The van der Waals surface area contributed by atoms with Crippen LogP contribution in [0, 0.1) is 0 Å². The first-order chi connectivity index (χ1) is 15.3. The summed E-state index contributed by atoms with van der Waals surface area (Å²) in [5.74, 6) is -1.80. The standard InChI is InChI=1S/C17H19F3N4O2.C6H6/c1-11(10-24-8-2-3-9-24)21-15(25)13-6-4-12(5-7-13)14-22-16(26-23-14)17(18,19)20;1-2-4-6-5-3-1/h4-7,11H,2-3,8-10H2,1H3,(H,21,25);1-6H. The Morgan fingerprint density at radius 3 is 2.12 bits per heavy atom.